The molecular formula is C29H61NO5Si. The number of hydrogen-bond acceptors (Lipinski definition) is 5. The summed E-state index contributed by atoms with van der Waals surface area (Å²) in [6.07, 6.45) is 12.9. The first kappa shape index (κ1) is 35.4. The minimum atomic E-state index is -2.18. The van der Waals surface area contributed by atoms with Gasteiger partial charge in [-0.1, -0.05) is 126 Å². The molecule has 36 heavy (non-hydrogen) atoms. The third kappa shape index (κ3) is 13.2. The van der Waals surface area contributed by atoms with Crippen molar-refractivity contribution in [3.05, 3.63) is 0 Å². The van der Waals surface area contributed by atoms with E-state index in [9.17, 15) is 15.0 Å². The number of rotatable bonds is 22. The van der Waals surface area contributed by atoms with Gasteiger partial charge in [-0.25, -0.2) is 4.79 Å². The largest absolute Gasteiger partial charge is 0.453 e. The zero-order valence-corrected chi connectivity index (χ0v) is 26.0. The Labute approximate surface area is 224 Å². The van der Waals surface area contributed by atoms with Crippen LogP contribution in [0.3, 0.4) is 0 Å². The van der Waals surface area contributed by atoms with Crippen molar-refractivity contribution in [1.82, 2.24) is 5.32 Å². The fraction of sp³-hybridized carbons (Fsp3) is 0.966. The Morgan fingerprint density at radius 3 is 1.56 bits per heavy atom. The van der Waals surface area contributed by atoms with Crippen molar-refractivity contribution in [2.75, 3.05) is 13.7 Å². The summed E-state index contributed by atoms with van der Waals surface area (Å²) in [6, 6.07) is -0.715. The van der Waals surface area contributed by atoms with E-state index in [2.05, 4.69) is 53.8 Å². The summed E-state index contributed by atoms with van der Waals surface area (Å²) in [6.45, 7) is 15.6. The van der Waals surface area contributed by atoms with Crippen LogP contribution in [-0.2, 0) is 9.16 Å². The number of ether oxygens (including phenoxy) is 1. The lowest BCUT2D eigenvalue weighted by Gasteiger charge is -2.43. The van der Waals surface area contributed by atoms with Gasteiger partial charge in [0.25, 0.3) is 0 Å². The molecule has 0 saturated heterocycles. The van der Waals surface area contributed by atoms with Gasteiger partial charge in [0.2, 0.25) is 0 Å². The second-order valence-corrected chi connectivity index (χ2v) is 17.1. The van der Waals surface area contributed by atoms with Gasteiger partial charge >= 0.3 is 6.09 Å². The van der Waals surface area contributed by atoms with Crippen LogP contribution in [0.5, 0.6) is 0 Å². The Hall–Kier alpha value is -0.633. The van der Waals surface area contributed by atoms with Crippen molar-refractivity contribution < 1.29 is 24.2 Å². The minimum Gasteiger partial charge on any atom is -0.453 e. The number of aliphatic hydroxyl groups is 2. The van der Waals surface area contributed by atoms with Crippen LogP contribution in [0.1, 0.15) is 132 Å². The predicted octanol–water partition coefficient (Wildman–Crippen LogP) is 7.72. The van der Waals surface area contributed by atoms with Crippen LogP contribution < -0.4 is 5.32 Å². The Morgan fingerprint density at radius 2 is 1.17 bits per heavy atom. The van der Waals surface area contributed by atoms with Crippen LogP contribution in [0.4, 0.5) is 4.79 Å². The molecule has 0 radical (unpaired) electrons. The molecule has 0 aromatic heterocycles. The first-order chi connectivity index (χ1) is 17.0. The molecule has 3 atom stereocenters. The molecule has 6 nitrogen and oxygen atoms in total. The summed E-state index contributed by atoms with van der Waals surface area (Å²) >= 11 is 0. The molecule has 0 aliphatic heterocycles. The molecule has 0 saturated carbocycles. The van der Waals surface area contributed by atoms with Gasteiger partial charge in [-0.3, -0.25) is 0 Å². The van der Waals surface area contributed by atoms with Gasteiger partial charge in [0.15, 0.2) is 8.32 Å². The van der Waals surface area contributed by atoms with Crippen molar-refractivity contribution in [1.29, 1.82) is 0 Å². The van der Waals surface area contributed by atoms with E-state index in [-0.39, 0.29) is 6.61 Å². The molecule has 0 bridgehead atoms. The maximum Gasteiger partial charge on any atom is 0.407 e. The van der Waals surface area contributed by atoms with Gasteiger partial charge < -0.3 is 24.7 Å². The SMILES string of the molecule is CCCCCCCCCCCCCC[C@@H](O)[C@@H](O)[C@H](CO[Si](C(C)C)(C(C)C)C(C)C)NC(=O)OC. The van der Waals surface area contributed by atoms with Crippen molar-refractivity contribution in [3.63, 3.8) is 0 Å². The molecule has 0 aromatic rings. The first-order valence-electron chi connectivity index (χ1n) is 14.9. The summed E-state index contributed by atoms with van der Waals surface area (Å²) in [5.41, 5.74) is 1.17. The highest BCUT2D eigenvalue weighted by Crippen LogP contribution is 2.42. The molecule has 1 amide bonds. The predicted molar refractivity (Wildman–Crippen MR) is 154 cm³/mol. The van der Waals surface area contributed by atoms with Gasteiger partial charge in [0.05, 0.1) is 25.9 Å². The third-order valence-corrected chi connectivity index (χ3v) is 13.9. The van der Waals surface area contributed by atoms with E-state index in [1.54, 1.807) is 0 Å². The number of aliphatic hydroxyl groups excluding tert-OH is 2. The number of methoxy groups -OCH3 is 1. The van der Waals surface area contributed by atoms with Crippen LogP contribution in [0.25, 0.3) is 0 Å². The lowest BCUT2D eigenvalue weighted by Crippen LogP contribution is -2.55. The summed E-state index contributed by atoms with van der Waals surface area (Å²) in [7, 11) is -0.873. The minimum absolute atomic E-state index is 0.173. The number of carbonyl (C=O) groups is 1. The first-order valence-corrected chi connectivity index (χ1v) is 17.0. The van der Waals surface area contributed by atoms with E-state index in [1.165, 1.54) is 64.9 Å². The smallest absolute Gasteiger partial charge is 0.407 e. The summed E-state index contributed by atoms with van der Waals surface area (Å²) in [4.78, 5) is 12.0. The van der Waals surface area contributed by atoms with E-state index in [1.807, 2.05) is 0 Å². The van der Waals surface area contributed by atoms with E-state index >= 15 is 0 Å². The van der Waals surface area contributed by atoms with Gasteiger partial charge in [0, 0.05) is 0 Å². The average molecular weight is 532 g/mol. The van der Waals surface area contributed by atoms with E-state index in [4.69, 9.17) is 9.16 Å². The number of amides is 1. The van der Waals surface area contributed by atoms with Crippen molar-refractivity contribution in [2.24, 2.45) is 0 Å². The Morgan fingerprint density at radius 1 is 0.750 bits per heavy atom. The average Bonchev–Trinajstić information content (AvgIpc) is 2.82. The summed E-state index contributed by atoms with van der Waals surface area (Å²) in [5.74, 6) is 0. The molecule has 0 fully saturated rings. The molecule has 216 valence electrons. The molecule has 7 heteroatoms. The van der Waals surface area contributed by atoms with Crippen LogP contribution >= 0.6 is 0 Å². The number of alkyl carbamates (subject to hydrolysis) is 1. The monoisotopic (exact) mass is 531 g/mol. The fourth-order valence-corrected chi connectivity index (χ4v) is 11.3. The van der Waals surface area contributed by atoms with Crippen LogP contribution in [0.15, 0.2) is 0 Å². The molecular weight excluding hydrogens is 470 g/mol. The zero-order valence-electron chi connectivity index (χ0n) is 25.0. The lowest BCUT2D eigenvalue weighted by atomic mass is 9.99. The van der Waals surface area contributed by atoms with Crippen LogP contribution in [0, 0.1) is 0 Å². The van der Waals surface area contributed by atoms with Crippen molar-refractivity contribution >= 4 is 14.4 Å². The Bertz CT molecular complexity index is 522. The molecule has 0 aromatic carbocycles. The summed E-state index contributed by atoms with van der Waals surface area (Å²) < 4.78 is 11.4. The topological polar surface area (TPSA) is 88.0 Å². The van der Waals surface area contributed by atoms with Gasteiger partial charge in [-0.15, -0.1) is 0 Å². The molecule has 0 aliphatic rings. The normalized spacial score (nSPS) is 14.9. The highest BCUT2D eigenvalue weighted by molar-refractivity contribution is 6.77. The second kappa shape index (κ2) is 20.3. The maximum atomic E-state index is 12.0. The number of nitrogens with one attached hydrogen (secondary N) is 1. The second-order valence-electron chi connectivity index (χ2n) is 11.6. The van der Waals surface area contributed by atoms with Gasteiger partial charge in [-0.05, 0) is 23.0 Å². The number of carbonyl (C=O) groups excluding carboxylic acids is 1. The molecule has 0 heterocycles. The van der Waals surface area contributed by atoms with Gasteiger partial charge in [-0.2, -0.15) is 0 Å². The Balaban J connectivity index is 4.60. The molecule has 0 aliphatic carbocycles. The zero-order chi connectivity index (χ0) is 27.6. The molecule has 0 rings (SSSR count). The quantitative estimate of drug-likeness (QED) is 0.0983. The summed E-state index contributed by atoms with van der Waals surface area (Å²) in [5, 5.41) is 24.3. The van der Waals surface area contributed by atoms with E-state index in [0.29, 0.717) is 23.0 Å². The highest BCUT2D eigenvalue weighted by atomic mass is 28.4. The van der Waals surface area contributed by atoms with Gasteiger partial charge in [0.1, 0.15) is 6.10 Å². The molecule has 0 unspecified atom stereocenters. The van der Waals surface area contributed by atoms with E-state index in [0.717, 1.165) is 19.3 Å². The lowest BCUT2D eigenvalue weighted by molar-refractivity contribution is -0.0194. The highest BCUT2D eigenvalue weighted by Gasteiger charge is 2.46. The Kier molecular flexibility index (Phi) is 20.0. The fourth-order valence-electron chi connectivity index (χ4n) is 5.80. The maximum absolute atomic E-state index is 12.0. The van der Waals surface area contributed by atoms with Crippen molar-refractivity contribution in [3.8, 4) is 0 Å². The number of unbranched alkanes of at least 4 members (excludes halogenated alkanes) is 11. The van der Waals surface area contributed by atoms with Crippen molar-refractivity contribution in [2.45, 2.75) is 167 Å². The number of hydrogen-bond donors (Lipinski definition) is 3. The standard InChI is InChI=1S/C29H61NO5Si/c1-9-10-11-12-13-14-15-16-17-18-19-20-21-27(31)28(32)26(30-29(33)34-8)22-35-36(23(2)3,24(4)5)25(6)7/h23-28,31-32H,9-22H2,1-8H3,(H,30,33)/t26-,27+,28-/m0/s1. The third-order valence-electron chi connectivity index (χ3n) is 7.87. The van der Waals surface area contributed by atoms with Crippen LogP contribution in [-0.4, -0.2) is 56.6 Å². The van der Waals surface area contributed by atoms with Crippen LogP contribution in [0.2, 0.25) is 16.6 Å². The van der Waals surface area contributed by atoms with E-state index < -0.39 is 32.7 Å². The molecule has 0 spiro atoms. The molecule has 3 N–H and O–H groups in total.